The van der Waals surface area contributed by atoms with Gasteiger partial charge in [0.05, 0.1) is 17.8 Å². The third-order valence-electron chi connectivity index (χ3n) is 11.6. The van der Waals surface area contributed by atoms with Crippen LogP contribution in [0, 0.1) is 46.3 Å². The van der Waals surface area contributed by atoms with Crippen LogP contribution in [-0.2, 0) is 9.53 Å². The first-order valence-electron chi connectivity index (χ1n) is 15.5. The Morgan fingerprint density at radius 1 is 1.05 bits per heavy atom. The van der Waals surface area contributed by atoms with E-state index in [0.717, 1.165) is 25.9 Å². The summed E-state index contributed by atoms with van der Waals surface area (Å²) in [6.07, 6.45) is 8.18. The van der Waals surface area contributed by atoms with E-state index in [1.54, 1.807) is 24.3 Å². The maximum Gasteiger partial charge on any atom is 0.338 e. The van der Waals surface area contributed by atoms with Crippen molar-refractivity contribution in [3.8, 4) is 0 Å². The molecule has 216 valence electrons. The van der Waals surface area contributed by atoms with Gasteiger partial charge in [-0.2, -0.15) is 0 Å². The van der Waals surface area contributed by atoms with Gasteiger partial charge >= 0.3 is 5.97 Å². The van der Waals surface area contributed by atoms with Gasteiger partial charge < -0.3 is 20.5 Å². The Bertz CT molecular complexity index is 1040. The van der Waals surface area contributed by atoms with Crippen molar-refractivity contribution in [3.63, 3.8) is 0 Å². The van der Waals surface area contributed by atoms with Crippen molar-refractivity contribution in [2.45, 2.75) is 98.2 Å². The van der Waals surface area contributed by atoms with Gasteiger partial charge in [-0.15, -0.1) is 0 Å². The molecule has 3 N–H and O–H groups in total. The Morgan fingerprint density at radius 3 is 2.49 bits per heavy atom. The normalized spacial score (nSPS) is 38.3. The Balaban J connectivity index is 1.17. The van der Waals surface area contributed by atoms with E-state index in [1.165, 1.54) is 32.1 Å². The molecule has 1 aromatic carbocycles. The number of fused-ring (bicyclic) bond motifs is 5. The zero-order valence-corrected chi connectivity index (χ0v) is 24.7. The maximum atomic E-state index is 12.8. The van der Waals surface area contributed by atoms with Gasteiger partial charge in [-0.1, -0.05) is 20.8 Å². The zero-order chi connectivity index (χ0) is 27.9. The quantitative estimate of drug-likeness (QED) is 0.368. The summed E-state index contributed by atoms with van der Waals surface area (Å²) in [5, 5.41) is 18.0. The number of nitrogens with one attached hydrogen (secondary N) is 2. The second-order valence-corrected chi connectivity index (χ2v) is 14.1. The van der Waals surface area contributed by atoms with Crippen molar-refractivity contribution < 1.29 is 19.4 Å². The standard InChI is InChI=1S/C33H50N2O4/c1-20(2)39-31(38)22-7-9-24(10-8-22)35-29(37)13-6-21(3)25-11-12-26-30-27(14-15-33(25,26)5)32(4)16-17-34-19-23(32)18-28(30)36/h7-10,20-21,23,25-28,30,34,36H,6,11-19H2,1-5H3,(H,35,37)/t21-,23-,25-,26+,27+,28+,30+,32+,33-/m1/s1. The molecule has 3 aliphatic carbocycles. The zero-order valence-electron chi connectivity index (χ0n) is 24.7. The predicted molar refractivity (Wildman–Crippen MR) is 154 cm³/mol. The molecule has 0 spiro atoms. The van der Waals surface area contributed by atoms with Crippen LogP contribution in [0.4, 0.5) is 5.69 Å². The number of aliphatic hydroxyl groups is 1. The first-order valence-corrected chi connectivity index (χ1v) is 15.5. The van der Waals surface area contributed by atoms with Crippen molar-refractivity contribution in [1.29, 1.82) is 0 Å². The number of ether oxygens (including phenoxy) is 1. The average Bonchev–Trinajstić information content (AvgIpc) is 3.25. The van der Waals surface area contributed by atoms with Crippen LogP contribution in [0.1, 0.15) is 96.3 Å². The lowest BCUT2D eigenvalue weighted by molar-refractivity contribution is -0.161. The van der Waals surface area contributed by atoms with Crippen molar-refractivity contribution in [1.82, 2.24) is 5.32 Å². The fourth-order valence-electron chi connectivity index (χ4n) is 9.59. The first-order chi connectivity index (χ1) is 18.5. The molecule has 0 bridgehead atoms. The van der Waals surface area contributed by atoms with Gasteiger partial charge in [-0.25, -0.2) is 4.79 Å². The van der Waals surface area contributed by atoms with E-state index < -0.39 is 0 Å². The van der Waals surface area contributed by atoms with Gasteiger partial charge in [0.15, 0.2) is 0 Å². The smallest absolute Gasteiger partial charge is 0.338 e. The van der Waals surface area contributed by atoms with E-state index in [4.69, 9.17) is 4.74 Å². The highest BCUT2D eigenvalue weighted by Crippen LogP contribution is 2.67. The van der Waals surface area contributed by atoms with Gasteiger partial charge in [0, 0.05) is 12.1 Å². The van der Waals surface area contributed by atoms with Crippen LogP contribution in [0.5, 0.6) is 0 Å². The summed E-state index contributed by atoms with van der Waals surface area (Å²) in [6, 6.07) is 6.93. The molecule has 6 heteroatoms. The van der Waals surface area contributed by atoms with Gasteiger partial charge in [0.25, 0.3) is 0 Å². The van der Waals surface area contributed by atoms with E-state index in [9.17, 15) is 14.7 Å². The lowest BCUT2D eigenvalue weighted by Crippen LogP contribution is -2.60. The molecule has 5 rings (SSSR count). The van der Waals surface area contributed by atoms with Crippen LogP contribution < -0.4 is 10.6 Å². The summed E-state index contributed by atoms with van der Waals surface area (Å²) >= 11 is 0. The number of esters is 1. The SMILES string of the molecule is CC(C)OC(=O)c1ccc(NC(=O)CC[C@@H](C)[C@H]2CC[C@H]3[C@@H]4[C@@H](O)C[C@@H]5CNCC[C@]5(C)[C@H]4CC[C@]23C)cc1. The molecule has 39 heavy (non-hydrogen) atoms. The second-order valence-electron chi connectivity index (χ2n) is 14.1. The number of amides is 1. The summed E-state index contributed by atoms with van der Waals surface area (Å²) in [4.78, 5) is 24.9. The number of aliphatic hydroxyl groups excluding tert-OH is 1. The molecule has 1 aliphatic heterocycles. The summed E-state index contributed by atoms with van der Waals surface area (Å²) in [7, 11) is 0. The molecule has 1 aromatic rings. The molecule has 1 saturated heterocycles. The highest BCUT2D eigenvalue weighted by Gasteiger charge is 2.62. The number of carbonyl (C=O) groups is 2. The average molecular weight is 539 g/mol. The predicted octanol–water partition coefficient (Wildman–Crippen LogP) is 6.05. The maximum absolute atomic E-state index is 12.8. The molecule has 1 amide bonds. The number of benzene rings is 1. The fraction of sp³-hybridized carbons (Fsp3) is 0.758. The van der Waals surface area contributed by atoms with Gasteiger partial charge in [0.2, 0.25) is 5.91 Å². The molecule has 9 atom stereocenters. The van der Waals surface area contributed by atoms with Gasteiger partial charge in [-0.3, -0.25) is 4.79 Å². The van der Waals surface area contributed by atoms with E-state index in [2.05, 4.69) is 31.4 Å². The molecule has 4 aliphatic rings. The Kier molecular flexibility index (Phi) is 8.18. The van der Waals surface area contributed by atoms with Crippen molar-refractivity contribution in [2.75, 3.05) is 18.4 Å². The minimum atomic E-state index is -0.348. The lowest BCUT2D eigenvalue weighted by Gasteiger charge is -2.62. The van der Waals surface area contributed by atoms with Crippen molar-refractivity contribution in [2.24, 2.45) is 46.3 Å². The monoisotopic (exact) mass is 538 g/mol. The molecule has 1 heterocycles. The van der Waals surface area contributed by atoms with Crippen LogP contribution >= 0.6 is 0 Å². The highest BCUT2D eigenvalue weighted by molar-refractivity contribution is 5.93. The molecular formula is C33H50N2O4. The van der Waals surface area contributed by atoms with E-state index in [1.807, 2.05) is 13.8 Å². The van der Waals surface area contributed by atoms with Crippen LogP contribution in [0.15, 0.2) is 24.3 Å². The number of piperidine rings is 1. The van der Waals surface area contributed by atoms with E-state index in [-0.39, 0.29) is 29.5 Å². The summed E-state index contributed by atoms with van der Waals surface area (Å²) in [6.45, 7) is 13.2. The van der Waals surface area contributed by atoms with Crippen LogP contribution in [0.2, 0.25) is 0 Å². The minimum Gasteiger partial charge on any atom is -0.459 e. The highest BCUT2D eigenvalue weighted by atomic mass is 16.5. The topological polar surface area (TPSA) is 87.7 Å². The first kappa shape index (κ1) is 28.6. The Morgan fingerprint density at radius 2 is 1.77 bits per heavy atom. The number of carbonyl (C=O) groups excluding carboxylic acids is 2. The molecule has 6 nitrogen and oxygen atoms in total. The van der Waals surface area contributed by atoms with Crippen LogP contribution in [0.25, 0.3) is 0 Å². The second kappa shape index (κ2) is 11.2. The molecule has 0 unspecified atom stereocenters. The lowest BCUT2D eigenvalue weighted by atomic mass is 9.45. The number of rotatable bonds is 7. The molecule has 3 saturated carbocycles. The summed E-state index contributed by atoms with van der Waals surface area (Å²) in [5.74, 6) is 3.03. The number of anilines is 1. The third-order valence-corrected chi connectivity index (χ3v) is 11.6. The number of hydrogen-bond acceptors (Lipinski definition) is 5. The molecule has 0 radical (unpaired) electrons. The van der Waals surface area contributed by atoms with Crippen LogP contribution in [0.3, 0.4) is 0 Å². The summed E-state index contributed by atoms with van der Waals surface area (Å²) in [5.41, 5.74) is 1.82. The third kappa shape index (κ3) is 5.40. The molecule has 4 fully saturated rings. The Hall–Kier alpha value is -1.92. The van der Waals surface area contributed by atoms with Crippen molar-refractivity contribution in [3.05, 3.63) is 29.8 Å². The minimum absolute atomic E-state index is 0.0235. The number of hydrogen-bond donors (Lipinski definition) is 3. The molecular weight excluding hydrogens is 488 g/mol. The Labute approximate surface area is 235 Å². The van der Waals surface area contributed by atoms with E-state index >= 15 is 0 Å². The fourth-order valence-corrected chi connectivity index (χ4v) is 9.59. The van der Waals surface area contributed by atoms with Gasteiger partial charge in [0.1, 0.15) is 0 Å². The summed E-state index contributed by atoms with van der Waals surface area (Å²) < 4.78 is 5.24. The van der Waals surface area contributed by atoms with E-state index in [0.29, 0.717) is 58.6 Å². The van der Waals surface area contributed by atoms with Crippen LogP contribution in [-0.4, -0.2) is 42.3 Å². The van der Waals surface area contributed by atoms with Crippen molar-refractivity contribution >= 4 is 17.6 Å². The van der Waals surface area contributed by atoms with Gasteiger partial charge in [-0.05, 0) is 142 Å². The largest absolute Gasteiger partial charge is 0.459 e. The molecule has 0 aromatic heterocycles.